The average Bonchev–Trinajstić information content (AvgIpc) is 2.85. The summed E-state index contributed by atoms with van der Waals surface area (Å²) in [5, 5.41) is 0. The van der Waals surface area contributed by atoms with Crippen molar-refractivity contribution >= 4 is 11.9 Å². The number of carbonyl (C=O) groups is 2. The molecular weight excluding hydrogens is 388 g/mol. The fourth-order valence-electron chi connectivity index (χ4n) is 5.03. The van der Waals surface area contributed by atoms with Crippen LogP contribution in [0.15, 0.2) is 48.5 Å². The molecule has 0 atom stereocenters. The number of esters is 2. The molecule has 4 heteroatoms. The van der Waals surface area contributed by atoms with Crippen molar-refractivity contribution in [2.75, 3.05) is 7.11 Å². The van der Waals surface area contributed by atoms with Crippen LogP contribution in [-0.4, -0.2) is 19.0 Å². The second-order valence-electron chi connectivity index (χ2n) is 8.97. The normalized spacial score (nSPS) is 22.0. The highest BCUT2D eigenvalue weighted by atomic mass is 16.5. The van der Waals surface area contributed by atoms with E-state index in [1.165, 1.54) is 50.3 Å². The molecule has 0 N–H and O–H groups in total. The second-order valence-corrected chi connectivity index (χ2v) is 8.97. The predicted octanol–water partition coefficient (Wildman–Crippen LogP) is 6.29. The predicted molar refractivity (Wildman–Crippen MR) is 121 cm³/mol. The van der Waals surface area contributed by atoms with Gasteiger partial charge in [-0.2, -0.15) is 0 Å². The Bertz CT molecular complexity index is 870. The first kappa shape index (κ1) is 21.6. The summed E-state index contributed by atoms with van der Waals surface area (Å²) in [7, 11) is 1.41. The van der Waals surface area contributed by atoms with Gasteiger partial charge in [-0.05, 0) is 73.3 Å². The van der Waals surface area contributed by atoms with E-state index >= 15 is 0 Å². The highest BCUT2D eigenvalue weighted by molar-refractivity contribution is 5.77. The van der Waals surface area contributed by atoms with Crippen LogP contribution in [0.3, 0.4) is 0 Å². The van der Waals surface area contributed by atoms with E-state index in [1.54, 1.807) is 0 Å². The number of benzene rings is 2. The number of hydrogen-bond donors (Lipinski definition) is 0. The Balaban J connectivity index is 1.32. The summed E-state index contributed by atoms with van der Waals surface area (Å²) in [4.78, 5) is 24.2. The molecule has 4 nitrogen and oxygen atoms in total. The van der Waals surface area contributed by atoms with E-state index in [9.17, 15) is 9.59 Å². The first-order chi connectivity index (χ1) is 15.1. The van der Waals surface area contributed by atoms with Crippen molar-refractivity contribution in [3.05, 3.63) is 54.1 Å². The summed E-state index contributed by atoms with van der Waals surface area (Å²) in [6, 6.07) is 16.7. The molecule has 164 valence electrons. The smallest absolute Gasteiger partial charge is 0.314 e. The van der Waals surface area contributed by atoms with Crippen molar-refractivity contribution in [1.29, 1.82) is 0 Å². The van der Waals surface area contributed by atoms with Gasteiger partial charge in [-0.3, -0.25) is 9.59 Å². The van der Waals surface area contributed by atoms with Crippen LogP contribution in [0.2, 0.25) is 0 Å². The highest BCUT2D eigenvalue weighted by Crippen LogP contribution is 2.34. The van der Waals surface area contributed by atoms with Gasteiger partial charge in [-0.15, -0.1) is 0 Å². The van der Waals surface area contributed by atoms with E-state index in [0.717, 1.165) is 5.56 Å². The van der Waals surface area contributed by atoms with Crippen molar-refractivity contribution in [2.45, 2.75) is 63.7 Å². The largest absolute Gasteiger partial charge is 0.469 e. The number of methoxy groups -OCH3 is 1. The molecule has 0 bridgehead atoms. The van der Waals surface area contributed by atoms with Crippen LogP contribution in [0.4, 0.5) is 0 Å². The first-order valence-corrected chi connectivity index (χ1v) is 11.6. The van der Waals surface area contributed by atoms with Gasteiger partial charge in [0.05, 0.1) is 18.9 Å². The van der Waals surface area contributed by atoms with Crippen LogP contribution < -0.4 is 4.74 Å². The van der Waals surface area contributed by atoms with E-state index in [2.05, 4.69) is 24.3 Å². The lowest BCUT2D eigenvalue weighted by atomic mass is 9.82. The number of ether oxygens (including phenoxy) is 2. The van der Waals surface area contributed by atoms with Crippen LogP contribution in [0.1, 0.15) is 69.3 Å². The Morgan fingerprint density at radius 2 is 1.19 bits per heavy atom. The minimum Gasteiger partial charge on any atom is -0.469 e. The monoisotopic (exact) mass is 420 g/mol. The van der Waals surface area contributed by atoms with Crippen LogP contribution in [0, 0.1) is 11.8 Å². The van der Waals surface area contributed by atoms with E-state index in [0.29, 0.717) is 37.4 Å². The van der Waals surface area contributed by atoms with Crippen LogP contribution in [-0.2, 0) is 14.3 Å². The summed E-state index contributed by atoms with van der Waals surface area (Å²) in [6.07, 6.45) is 9.39. The van der Waals surface area contributed by atoms with Crippen LogP contribution in [0.25, 0.3) is 11.1 Å². The van der Waals surface area contributed by atoms with Crippen LogP contribution >= 0.6 is 0 Å². The summed E-state index contributed by atoms with van der Waals surface area (Å²) in [5.41, 5.74) is 3.75. The molecule has 31 heavy (non-hydrogen) atoms. The molecule has 2 aromatic rings. The van der Waals surface area contributed by atoms with Gasteiger partial charge in [0.1, 0.15) is 5.75 Å². The molecule has 2 aliphatic rings. The van der Waals surface area contributed by atoms with E-state index in [-0.39, 0.29) is 23.8 Å². The third-order valence-electron chi connectivity index (χ3n) is 6.99. The zero-order valence-electron chi connectivity index (χ0n) is 18.3. The van der Waals surface area contributed by atoms with Gasteiger partial charge in [0, 0.05) is 0 Å². The molecular formula is C27H32O4. The summed E-state index contributed by atoms with van der Waals surface area (Å²) >= 11 is 0. The molecule has 0 unspecified atom stereocenters. The van der Waals surface area contributed by atoms with Gasteiger partial charge < -0.3 is 9.47 Å². The lowest BCUT2D eigenvalue weighted by Gasteiger charge is -2.25. The maximum absolute atomic E-state index is 12.5. The first-order valence-electron chi connectivity index (χ1n) is 11.6. The number of carbonyl (C=O) groups excluding carboxylic acids is 2. The third-order valence-corrected chi connectivity index (χ3v) is 6.99. The molecule has 0 spiro atoms. The van der Waals surface area contributed by atoms with E-state index in [1.807, 2.05) is 24.3 Å². The molecule has 0 radical (unpaired) electrons. The lowest BCUT2D eigenvalue weighted by molar-refractivity contribution is -0.149. The molecule has 0 saturated heterocycles. The van der Waals surface area contributed by atoms with Gasteiger partial charge in [0.2, 0.25) is 0 Å². The Labute approximate surface area is 185 Å². The van der Waals surface area contributed by atoms with Crippen molar-refractivity contribution in [1.82, 2.24) is 0 Å². The summed E-state index contributed by atoms with van der Waals surface area (Å²) in [5.74, 6) is 0.683. The SMILES string of the molecule is COC(=O)C1CCC(C(=O)Oc2ccc(-c3ccc(C4CCCCC4)cc3)cc2)CC1. The van der Waals surface area contributed by atoms with Gasteiger partial charge in [-0.25, -0.2) is 0 Å². The molecule has 4 rings (SSSR count). The van der Waals surface area contributed by atoms with Gasteiger partial charge in [0.15, 0.2) is 0 Å². The second kappa shape index (κ2) is 10.1. The lowest BCUT2D eigenvalue weighted by Crippen LogP contribution is -2.29. The van der Waals surface area contributed by atoms with Crippen molar-refractivity contribution in [2.24, 2.45) is 11.8 Å². The van der Waals surface area contributed by atoms with Crippen molar-refractivity contribution in [3.63, 3.8) is 0 Å². The average molecular weight is 421 g/mol. The van der Waals surface area contributed by atoms with Crippen LogP contribution in [0.5, 0.6) is 5.75 Å². The Kier molecular flexibility index (Phi) is 7.06. The quantitative estimate of drug-likeness (QED) is 0.421. The molecule has 2 saturated carbocycles. The minimum atomic E-state index is -0.201. The standard InChI is InChI=1S/C27H32O4/c1-30-26(28)23-11-13-24(14-12-23)27(29)31-25-17-15-22(16-18-25)21-9-7-20(8-10-21)19-5-3-2-4-6-19/h7-10,15-19,23-24H,2-6,11-14H2,1H3. The van der Waals surface area contributed by atoms with E-state index < -0.39 is 0 Å². The Hall–Kier alpha value is -2.62. The molecule has 2 fully saturated rings. The Morgan fingerprint density at radius 3 is 1.74 bits per heavy atom. The third kappa shape index (κ3) is 5.36. The minimum absolute atomic E-state index is 0.0853. The molecule has 0 aliphatic heterocycles. The molecule has 2 aliphatic carbocycles. The number of rotatable bonds is 5. The maximum Gasteiger partial charge on any atom is 0.314 e. The van der Waals surface area contributed by atoms with Gasteiger partial charge in [0.25, 0.3) is 0 Å². The molecule has 0 heterocycles. The summed E-state index contributed by atoms with van der Waals surface area (Å²) < 4.78 is 10.4. The van der Waals surface area contributed by atoms with Gasteiger partial charge in [-0.1, -0.05) is 55.7 Å². The molecule has 0 aromatic heterocycles. The van der Waals surface area contributed by atoms with Gasteiger partial charge >= 0.3 is 11.9 Å². The fraction of sp³-hybridized carbons (Fsp3) is 0.481. The summed E-state index contributed by atoms with van der Waals surface area (Å²) in [6.45, 7) is 0. The Morgan fingerprint density at radius 1 is 0.677 bits per heavy atom. The topological polar surface area (TPSA) is 52.6 Å². The van der Waals surface area contributed by atoms with E-state index in [4.69, 9.17) is 9.47 Å². The fourth-order valence-corrected chi connectivity index (χ4v) is 5.03. The maximum atomic E-state index is 12.5. The van der Waals surface area contributed by atoms with Crippen molar-refractivity contribution in [3.8, 4) is 16.9 Å². The highest BCUT2D eigenvalue weighted by Gasteiger charge is 2.31. The number of hydrogen-bond acceptors (Lipinski definition) is 4. The molecule has 2 aromatic carbocycles. The zero-order valence-corrected chi connectivity index (χ0v) is 18.3. The molecule has 0 amide bonds. The van der Waals surface area contributed by atoms with Crippen molar-refractivity contribution < 1.29 is 19.1 Å². The zero-order chi connectivity index (χ0) is 21.6.